The van der Waals surface area contributed by atoms with Gasteiger partial charge in [-0.2, -0.15) is 0 Å². The van der Waals surface area contributed by atoms with E-state index in [1.54, 1.807) is 0 Å². The summed E-state index contributed by atoms with van der Waals surface area (Å²) in [5.74, 6) is 1.95. The standard InChI is InChI=1S/C24H30N4O/c29-23(15-13-20-9-4-5-10-20)25-17-18-28-22(14-12-19-7-2-1-3-8-19)27-21-11-6-16-26-24(21)28/h1-3,6-8,11,16,20H,4-5,9-10,12-15,17-18H2,(H,25,29). The van der Waals surface area contributed by atoms with Crippen LogP contribution in [0.2, 0.25) is 0 Å². The van der Waals surface area contributed by atoms with Gasteiger partial charge in [0.05, 0.1) is 0 Å². The number of benzene rings is 1. The zero-order valence-electron chi connectivity index (χ0n) is 17.0. The fourth-order valence-corrected chi connectivity index (χ4v) is 4.36. The molecular formula is C24H30N4O. The van der Waals surface area contributed by atoms with Gasteiger partial charge in [-0.3, -0.25) is 4.79 Å². The second-order valence-corrected chi connectivity index (χ2v) is 8.05. The lowest BCUT2D eigenvalue weighted by Gasteiger charge is -2.11. The van der Waals surface area contributed by atoms with Crippen molar-refractivity contribution in [2.24, 2.45) is 5.92 Å². The van der Waals surface area contributed by atoms with Crippen molar-refractivity contribution in [2.45, 2.75) is 57.9 Å². The minimum absolute atomic E-state index is 0.167. The Labute approximate surface area is 172 Å². The number of fused-ring (bicyclic) bond motifs is 1. The van der Waals surface area contributed by atoms with Crippen molar-refractivity contribution in [1.82, 2.24) is 19.9 Å². The Bertz CT molecular complexity index is 928. The molecule has 0 bridgehead atoms. The van der Waals surface area contributed by atoms with Gasteiger partial charge in [0.15, 0.2) is 5.65 Å². The zero-order valence-corrected chi connectivity index (χ0v) is 17.0. The Balaban J connectivity index is 1.35. The molecule has 3 aromatic rings. The summed E-state index contributed by atoms with van der Waals surface area (Å²) in [6.07, 6.45) is 10.5. The summed E-state index contributed by atoms with van der Waals surface area (Å²) < 4.78 is 2.16. The summed E-state index contributed by atoms with van der Waals surface area (Å²) in [5, 5.41) is 3.10. The van der Waals surface area contributed by atoms with Gasteiger partial charge in [-0.25, -0.2) is 9.97 Å². The van der Waals surface area contributed by atoms with Crippen LogP contribution in [-0.2, 0) is 24.2 Å². The summed E-state index contributed by atoms with van der Waals surface area (Å²) in [6, 6.07) is 14.4. The number of aryl methyl sites for hydroxylation is 2. The van der Waals surface area contributed by atoms with Crippen molar-refractivity contribution in [2.75, 3.05) is 6.54 Å². The molecule has 1 saturated carbocycles. The number of aromatic nitrogens is 3. The van der Waals surface area contributed by atoms with Crippen molar-refractivity contribution < 1.29 is 4.79 Å². The molecule has 0 atom stereocenters. The van der Waals surface area contributed by atoms with E-state index in [0.717, 1.165) is 42.2 Å². The molecule has 2 aromatic heterocycles. The van der Waals surface area contributed by atoms with E-state index in [4.69, 9.17) is 4.98 Å². The zero-order chi connectivity index (χ0) is 19.9. The summed E-state index contributed by atoms with van der Waals surface area (Å²) in [6.45, 7) is 1.32. The van der Waals surface area contributed by atoms with Crippen molar-refractivity contribution in [3.05, 3.63) is 60.0 Å². The normalized spacial score (nSPS) is 14.5. The Morgan fingerprint density at radius 1 is 1.07 bits per heavy atom. The lowest BCUT2D eigenvalue weighted by atomic mass is 10.0. The fourth-order valence-electron chi connectivity index (χ4n) is 4.36. The topological polar surface area (TPSA) is 59.8 Å². The molecule has 1 aliphatic rings. The molecule has 1 fully saturated rings. The quantitative estimate of drug-likeness (QED) is 0.592. The van der Waals surface area contributed by atoms with E-state index in [9.17, 15) is 4.79 Å². The molecule has 1 amide bonds. The molecule has 5 nitrogen and oxygen atoms in total. The molecule has 2 heterocycles. The second kappa shape index (κ2) is 9.68. The van der Waals surface area contributed by atoms with Gasteiger partial charge < -0.3 is 9.88 Å². The lowest BCUT2D eigenvalue weighted by Crippen LogP contribution is -2.28. The molecule has 1 N–H and O–H groups in total. The molecule has 4 rings (SSSR count). The van der Waals surface area contributed by atoms with Crippen molar-refractivity contribution in [3.8, 4) is 0 Å². The molecule has 1 aromatic carbocycles. The average Bonchev–Trinajstić information content (AvgIpc) is 3.40. The predicted octanol–water partition coefficient (Wildman–Crippen LogP) is 4.30. The highest BCUT2D eigenvalue weighted by atomic mass is 16.1. The van der Waals surface area contributed by atoms with Gasteiger partial charge in [0.2, 0.25) is 5.91 Å². The van der Waals surface area contributed by atoms with Crippen LogP contribution in [-0.4, -0.2) is 27.0 Å². The SMILES string of the molecule is O=C(CCC1CCCC1)NCCn1c(CCc2ccccc2)nc2cccnc21. The van der Waals surface area contributed by atoms with Gasteiger partial charge in [-0.1, -0.05) is 56.0 Å². The number of hydrogen-bond donors (Lipinski definition) is 1. The van der Waals surface area contributed by atoms with Gasteiger partial charge in [-0.15, -0.1) is 0 Å². The minimum Gasteiger partial charge on any atom is -0.354 e. The van der Waals surface area contributed by atoms with Gasteiger partial charge >= 0.3 is 0 Å². The maximum absolute atomic E-state index is 12.2. The Morgan fingerprint density at radius 3 is 2.72 bits per heavy atom. The lowest BCUT2D eigenvalue weighted by molar-refractivity contribution is -0.121. The number of nitrogens with zero attached hydrogens (tertiary/aromatic N) is 3. The first-order valence-corrected chi connectivity index (χ1v) is 10.9. The van der Waals surface area contributed by atoms with Crippen molar-refractivity contribution in [1.29, 1.82) is 0 Å². The molecule has 152 valence electrons. The molecule has 0 spiro atoms. The number of imidazole rings is 1. The van der Waals surface area contributed by atoms with Gasteiger partial charge in [0.25, 0.3) is 0 Å². The van der Waals surface area contributed by atoms with E-state index in [2.05, 4.69) is 39.1 Å². The molecule has 5 heteroatoms. The van der Waals surface area contributed by atoms with Crippen LogP contribution in [0.15, 0.2) is 48.7 Å². The molecular weight excluding hydrogens is 360 g/mol. The monoisotopic (exact) mass is 390 g/mol. The third-order valence-electron chi connectivity index (χ3n) is 5.97. The van der Waals surface area contributed by atoms with Crippen LogP contribution >= 0.6 is 0 Å². The number of carbonyl (C=O) groups is 1. The Morgan fingerprint density at radius 2 is 1.90 bits per heavy atom. The Kier molecular flexibility index (Phi) is 6.55. The van der Waals surface area contributed by atoms with Crippen LogP contribution in [0.4, 0.5) is 0 Å². The molecule has 29 heavy (non-hydrogen) atoms. The summed E-state index contributed by atoms with van der Waals surface area (Å²) in [7, 11) is 0. The van der Waals surface area contributed by atoms with Crippen LogP contribution in [0, 0.1) is 5.92 Å². The van der Waals surface area contributed by atoms with Gasteiger partial charge in [0.1, 0.15) is 11.3 Å². The van der Waals surface area contributed by atoms with E-state index >= 15 is 0 Å². The van der Waals surface area contributed by atoms with Crippen molar-refractivity contribution in [3.63, 3.8) is 0 Å². The van der Waals surface area contributed by atoms with E-state index in [1.165, 1.54) is 31.2 Å². The highest BCUT2D eigenvalue weighted by Gasteiger charge is 2.16. The Hall–Kier alpha value is -2.69. The van der Waals surface area contributed by atoms with Crippen molar-refractivity contribution >= 4 is 17.1 Å². The number of hydrogen-bond acceptors (Lipinski definition) is 3. The van der Waals surface area contributed by atoms with E-state index in [-0.39, 0.29) is 5.91 Å². The molecule has 0 unspecified atom stereocenters. The maximum atomic E-state index is 12.2. The van der Waals surface area contributed by atoms with E-state index < -0.39 is 0 Å². The predicted molar refractivity (Wildman–Crippen MR) is 116 cm³/mol. The number of rotatable bonds is 9. The second-order valence-electron chi connectivity index (χ2n) is 8.05. The number of amides is 1. The maximum Gasteiger partial charge on any atom is 0.220 e. The first-order chi connectivity index (χ1) is 14.3. The molecule has 0 saturated heterocycles. The van der Waals surface area contributed by atoms with E-state index in [1.807, 2.05) is 24.4 Å². The number of carbonyl (C=O) groups excluding carboxylic acids is 1. The largest absolute Gasteiger partial charge is 0.354 e. The van der Waals surface area contributed by atoms with Crippen LogP contribution < -0.4 is 5.32 Å². The first kappa shape index (κ1) is 19.6. The smallest absolute Gasteiger partial charge is 0.220 e. The summed E-state index contributed by atoms with van der Waals surface area (Å²) in [4.78, 5) is 21.6. The number of nitrogens with one attached hydrogen (secondary N) is 1. The third kappa shape index (κ3) is 5.22. The number of pyridine rings is 1. The fraction of sp³-hybridized carbons (Fsp3) is 0.458. The minimum atomic E-state index is 0.167. The van der Waals surface area contributed by atoms with Crippen LogP contribution in [0.1, 0.15) is 49.9 Å². The van der Waals surface area contributed by atoms with Crippen LogP contribution in [0.3, 0.4) is 0 Å². The van der Waals surface area contributed by atoms with E-state index in [0.29, 0.717) is 19.5 Å². The molecule has 0 radical (unpaired) electrons. The first-order valence-electron chi connectivity index (χ1n) is 10.9. The summed E-state index contributed by atoms with van der Waals surface area (Å²) in [5.41, 5.74) is 3.12. The molecule has 1 aliphatic carbocycles. The van der Waals surface area contributed by atoms with Crippen LogP contribution in [0.25, 0.3) is 11.2 Å². The molecule has 0 aliphatic heterocycles. The summed E-state index contributed by atoms with van der Waals surface area (Å²) >= 11 is 0. The van der Waals surface area contributed by atoms with Gasteiger partial charge in [0, 0.05) is 32.1 Å². The third-order valence-corrected chi connectivity index (χ3v) is 5.97. The average molecular weight is 391 g/mol. The highest BCUT2D eigenvalue weighted by Crippen LogP contribution is 2.28. The van der Waals surface area contributed by atoms with Crippen LogP contribution in [0.5, 0.6) is 0 Å². The van der Waals surface area contributed by atoms with Gasteiger partial charge in [-0.05, 0) is 36.5 Å². The highest BCUT2D eigenvalue weighted by molar-refractivity contribution is 5.76.